The van der Waals surface area contributed by atoms with E-state index in [4.69, 9.17) is 11.5 Å². The van der Waals surface area contributed by atoms with Gasteiger partial charge < -0.3 is 112 Å². The lowest BCUT2D eigenvalue weighted by molar-refractivity contribution is -0.146. The molecular formula is C80H140N20O21. The number of hydrogen-bond acceptors (Lipinski definition) is 21. The van der Waals surface area contributed by atoms with E-state index in [1.807, 2.05) is 0 Å². The SMILES string of the molecule is CCC(C)(NC(=O)C(C)(C)NC(=O)C(CC(C)C)NC(=O)C1CCCN1C(=O)C(C)(C)NC(=O)C(C)(C)NC(=O)C(C)NC(=O)C(C)(C)NC(=O)C(C)(C)NC(=O)C(C)(C)NC(=O)C(CCC(N)=O)NC(=O)C(C)(C)NC(=O)C(CC(C)C)NC(=O)C(C)(C)NC(=O)CNC(=O)C(C)(C)NC(C)=O)C(=O)NC(CCC(N)=O)C(=O)NC(CO)C(C)C. The molecule has 0 aromatic carbocycles. The highest BCUT2D eigenvalue weighted by Crippen LogP contribution is 2.25. The van der Waals surface area contributed by atoms with E-state index in [1.165, 1.54) is 150 Å². The van der Waals surface area contributed by atoms with Gasteiger partial charge in [0.05, 0.1) is 19.2 Å². The Morgan fingerprint density at radius 2 is 0.736 bits per heavy atom. The number of likely N-dealkylation sites (tertiary alicyclic amines) is 1. The zero-order valence-corrected chi connectivity index (χ0v) is 76.0. The first-order valence-corrected chi connectivity index (χ1v) is 40.6. The molecule has 0 aliphatic carbocycles. The van der Waals surface area contributed by atoms with Crippen LogP contribution in [-0.2, 0) is 95.9 Å². The van der Waals surface area contributed by atoms with Gasteiger partial charge in [-0.15, -0.1) is 0 Å². The smallest absolute Gasteiger partial charge is 0.248 e. The summed E-state index contributed by atoms with van der Waals surface area (Å²) < 4.78 is 0. The zero-order valence-electron chi connectivity index (χ0n) is 76.0. The van der Waals surface area contributed by atoms with Crippen LogP contribution in [0.1, 0.15) is 252 Å². The van der Waals surface area contributed by atoms with Gasteiger partial charge in [0, 0.05) is 26.3 Å². The third kappa shape index (κ3) is 33.7. The topological polar surface area (TPSA) is 621 Å². The number of primary amides is 2. The van der Waals surface area contributed by atoms with Crippen molar-refractivity contribution >= 4 is 118 Å². The molecule has 1 aliphatic heterocycles. The van der Waals surface area contributed by atoms with Crippen LogP contribution in [0, 0.1) is 17.8 Å². The van der Waals surface area contributed by atoms with E-state index in [2.05, 4.69) is 90.4 Å². The van der Waals surface area contributed by atoms with E-state index in [-0.39, 0.29) is 62.8 Å². The fraction of sp³-hybridized carbons (Fsp3) is 0.750. The molecule has 1 saturated heterocycles. The van der Waals surface area contributed by atoms with Crippen LogP contribution in [0.4, 0.5) is 0 Å². The van der Waals surface area contributed by atoms with Crippen molar-refractivity contribution in [2.75, 3.05) is 19.7 Å². The summed E-state index contributed by atoms with van der Waals surface area (Å²) >= 11 is 0. The van der Waals surface area contributed by atoms with Gasteiger partial charge in [0.2, 0.25) is 118 Å². The van der Waals surface area contributed by atoms with Crippen molar-refractivity contribution in [3.63, 3.8) is 0 Å². The van der Waals surface area contributed by atoms with Crippen LogP contribution < -0.4 is 102 Å². The lowest BCUT2D eigenvalue weighted by atomic mass is 9.93. The number of rotatable bonds is 47. The Balaban J connectivity index is 3.20. The minimum absolute atomic E-state index is 0.0163. The van der Waals surface area contributed by atoms with E-state index in [1.54, 1.807) is 48.5 Å². The molecule has 0 radical (unpaired) electrons. The predicted molar refractivity (Wildman–Crippen MR) is 445 cm³/mol. The monoisotopic (exact) mass is 1720 g/mol. The quantitative estimate of drug-likeness (QED) is 0.0283. The maximum atomic E-state index is 14.5. The van der Waals surface area contributed by atoms with Crippen molar-refractivity contribution in [1.29, 1.82) is 0 Å². The molecule has 1 fully saturated rings. The third-order valence-electron chi connectivity index (χ3n) is 20.2. The minimum Gasteiger partial charge on any atom is -0.394 e. The molecule has 0 aromatic rings. The Morgan fingerprint density at radius 3 is 1.15 bits per heavy atom. The summed E-state index contributed by atoms with van der Waals surface area (Å²) in [4.78, 5) is 272. The normalized spacial score (nSPS) is 15.6. The Bertz CT molecular complexity index is 3860. The highest BCUT2D eigenvalue weighted by molar-refractivity contribution is 6.04. The number of hydrogen-bond donors (Lipinski definition) is 20. The van der Waals surface area contributed by atoms with Gasteiger partial charge in [0.15, 0.2) is 0 Å². The summed E-state index contributed by atoms with van der Waals surface area (Å²) in [6.45, 7) is 39.1. The van der Waals surface area contributed by atoms with Gasteiger partial charge in [-0.3, -0.25) is 95.9 Å². The maximum Gasteiger partial charge on any atom is 0.248 e. The van der Waals surface area contributed by atoms with Crippen LogP contribution in [0.2, 0.25) is 0 Å². The van der Waals surface area contributed by atoms with Crippen molar-refractivity contribution in [3.05, 3.63) is 0 Å². The van der Waals surface area contributed by atoms with Crippen molar-refractivity contribution in [2.24, 2.45) is 29.2 Å². The Hall–Kier alpha value is -10.6. The molecule has 686 valence electrons. The van der Waals surface area contributed by atoms with Crippen LogP contribution in [-0.4, -0.2) is 246 Å². The highest BCUT2D eigenvalue weighted by Gasteiger charge is 2.49. The number of carbonyl (C=O) groups is 20. The fourth-order valence-electron chi connectivity index (χ4n) is 11.9. The first-order chi connectivity index (χ1) is 54.8. The number of amides is 20. The van der Waals surface area contributed by atoms with Crippen molar-refractivity contribution < 1.29 is 101 Å². The molecule has 20 amide bonds. The predicted octanol–water partition coefficient (Wildman–Crippen LogP) is -3.35. The van der Waals surface area contributed by atoms with Crippen molar-refractivity contribution in [1.82, 2.24) is 95.3 Å². The summed E-state index contributed by atoms with van der Waals surface area (Å²) in [5, 5.41) is 53.4. The molecule has 0 spiro atoms. The highest BCUT2D eigenvalue weighted by atomic mass is 16.3. The number of aliphatic hydroxyl groups excluding tert-OH is 1. The number of nitrogens with zero attached hydrogens (tertiary/aromatic N) is 1. The first-order valence-electron chi connectivity index (χ1n) is 40.6. The van der Waals surface area contributed by atoms with Crippen LogP contribution in [0.25, 0.3) is 0 Å². The van der Waals surface area contributed by atoms with E-state index in [9.17, 15) is 101 Å². The first kappa shape index (κ1) is 108. The molecule has 8 unspecified atom stereocenters. The van der Waals surface area contributed by atoms with Gasteiger partial charge in [-0.05, 0) is 201 Å². The van der Waals surface area contributed by atoms with Crippen LogP contribution in [0.3, 0.4) is 0 Å². The second kappa shape index (κ2) is 43.7. The summed E-state index contributed by atoms with van der Waals surface area (Å²) in [5.74, 6) is -17.0. The average molecular weight is 1720 g/mol. The summed E-state index contributed by atoms with van der Waals surface area (Å²) in [5.41, 5.74) is -6.70. The van der Waals surface area contributed by atoms with Crippen molar-refractivity contribution in [3.8, 4) is 0 Å². The second-order valence-electron chi connectivity index (χ2n) is 37.3. The Labute approximate surface area is 709 Å². The molecule has 0 aromatic heterocycles. The van der Waals surface area contributed by atoms with E-state index in [0.717, 1.165) is 0 Å². The molecule has 121 heavy (non-hydrogen) atoms. The average Bonchev–Trinajstić information content (AvgIpc) is 1.76. The van der Waals surface area contributed by atoms with Crippen molar-refractivity contribution in [2.45, 2.75) is 349 Å². The molecule has 0 saturated carbocycles. The lowest BCUT2D eigenvalue weighted by Crippen LogP contribution is -2.68. The molecule has 41 heteroatoms. The van der Waals surface area contributed by atoms with Gasteiger partial charge in [-0.25, -0.2) is 0 Å². The van der Waals surface area contributed by atoms with Gasteiger partial charge >= 0.3 is 0 Å². The molecule has 1 rings (SSSR count). The van der Waals surface area contributed by atoms with Gasteiger partial charge in [0.25, 0.3) is 0 Å². The second-order valence-corrected chi connectivity index (χ2v) is 37.3. The van der Waals surface area contributed by atoms with Gasteiger partial charge in [-0.2, -0.15) is 0 Å². The number of carbonyl (C=O) groups excluding carboxylic acids is 20. The van der Waals surface area contributed by atoms with Gasteiger partial charge in [0.1, 0.15) is 91.6 Å². The van der Waals surface area contributed by atoms with Crippen LogP contribution in [0.5, 0.6) is 0 Å². The summed E-state index contributed by atoms with van der Waals surface area (Å²) in [7, 11) is 0. The molecule has 41 nitrogen and oxygen atoms in total. The zero-order chi connectivity index (χ0) is 94.4. The lowest BCUT2D eigenvalue weighted by Gasteiger charge is -2.37. The standard InChI is InChI=1S/C80H140N20O21/c1-29-80(28,69(120)88-46(32-34-52(81)103)56(107)86-50(40-101)43(6)7)99-68(119)77(22,23)95-58(109)48(37-41(2)3)85-60(111)51-31-30-36-100(51)70(121)79(26,27)98-66(117)75(18,19)92-55(106)44(8)84-62(113)74(16,17)96-67(118)78(24,25)97-65(116)76(20,21)93-57(108)47(33-35-53(82)104)87-64(115)73(14,15)94-59(110)49(38-42(4)5)89-63(114)72(12,13)91-54(105)39-83-61(112)71(10,11)90-45(9)102/h41-44,46-51,101H,29-40H2,1-28H3,(H2,81,103)(H2,82,104)(H,83,112)(H,84,113)(H,85,111)(H,86,107)(H,87,115)(H,88,120)(H,89,114)(H,90,102)(H,91,105)(H,92,106)(H,93,108)(H,94,110)(H,95,109)(H,96,118)(H,97,116)(H,98,117)(H,99,119). The van der Waals surface area contributed by atoms with Gasteiger partial charge in [-0.1, -0.05) is 48.5 Å². The number of nitrogens with one attached hydrogen (secondary N) is 17. The molecular weight excluding hydrogens is 1580 g/mol. The minimum atomic E-state index is -1.91. The summed E-state index contributed by atoms with van der Waals surface area (Å²) in [6.07, 6.45) is -0.788. The maximum absolute atomic E-state index is 14.5. The van der Waals surface area contributed by atoms with E-state index < -0.39 is 242 Å². The Kier molecular flexibility index (Phi) is 39.2. The number of nitrogens with two attached hydrogens (primary N) is 2. The fourth-order valence-corrected chi connectivity index (χ4v) is 11.9. The van der Waals surface area contributed by atoms with Crippen LogP contribution in [0.15, 0.2) is 0 Å². The molecule has 8 atom stereocenters. The summed E-state index contributed by atoms with van der Waals surface area (Å²) in [6, 6.07) is -8.69. The van der Waals surface area contributed by atoms with Crippen LogP contribution >= 0.6 is 0 Å². The molecule has 22 N–H and O–H groups in total. The third-order valence-corrected chi connectivity index (χ3v) is 20.2. The molecule has 0 bridgehead atoms. The van der Waals surface area contributed by atoms with E-state index >= 15 is 0 Å². The number of aliphatic hydroxyl groups is 1. The molecule has 1 aliphatic rings. The Morgan fingerprint density at radius 1 is 0.388 bits per heavy atom. The van der Waals surface area contributed by atoms with E-state index in [0.29, 0.717) is 6.42 Å². The molecule has 1 heterocycles. The largest absolute Gasteiger partial charge is 0.394 e.